The largest absolute Gasteiger partial charge is 0.373 e. The van der Waals surface area contributed by atoms with Crippen molar-refractivity contribution in [2.24, 2.45) is 0 Å². The van der Waals surface area contributed by atoms with Crippen molar-refractivity contribution in [1.82, 2.24) is 10.2 Å². The van der Waals surface area contributed by atoms with E-state index in [4.69, 9.17) is 4.74 Å². The van der Waals surface area contributed by atoms with Gasteiger partial charge in [-0.25, -0.2) is 0 Å². The van der Waals surface area contributed by atoms with Gasteiger partial charge in [0.2, 0.25) is 0 Å². The first-order valence-corrected chi connectivity index (χ1v) is 7.77. The highest BCUT2D eigenvalue weighted by Crippen LogP contribution is 2.10. The van der Waals surface area contributed by atoms with Gasteiger partial charge in [-0.05, 0) is 31.7 Å². The first-order valence-electron chi connectivity index (χ1n) is 6.83. The molecule has 1 N–H and O–H groups in total. The highest BCUT2D eigenvalue weighted by Gasteiger charge is 2.21. The molecule has 1 fully saturated rings. The number of thiophene rings is 1. The molecule has 19 heavy (non-hydrogen) atoms. The van der Waals surface area contributed by atoms with E-state index in [1.807, 2.05) is 16.8 Å². The molecule has 0 radical (unpaired) electrons. The van der Waals surface area contributed by atoms with Crippen LogP contribution in [0.4, 0.5) is 0 Å². The number of hydrogen-bond acceptors (Lipinski definition) is 4. The van der Waals surface area contributed by atoms with Crippen LogP contribution in [-0.4, -0.2) is 49.2 Å². The van der Waals surface area contributed by atoms with Crippen LogP contribution in [-0.2, 0) is 4.74 Å². The molecule has 0 spiro atoms. The molecular formula is C14H22N2O2S. The van der Waals surface area contributed by atoms with Gasteiger partial charge < -0.3 is 10.1 Å². The molecule has 0 bridgehead atoms. The zero-order chi connectivity index (χ0) is 13.7. The van der Waals surface area contributed by atoms with Crippen molar-refractivity contribution in [3.63, 3.8) is 0 Å². The topological polar surface area (TPSA) is 41.6 Å². The standard InChI is InChI=1S/C14H22N2O2S/c1-11-8-16(9-12(2)18-11)6-3-5-15-14(17)13-4-7-19-10-13/h4,7,10-12H,3,5-6,8-9H2,1-2H3,(H,15,17). The molecule has 1 amide bonds. The Balaban J connectivity index is 1.63. The van der Waals surface area contributed by atoms with E-state index in [9.17, 15) is 4.79 Å². The maximum atomic E-state index is 11.7. The highest BCUT2D eigenvalue weighted by molar-refractivity contribution is 7.08. The fourth-order valence-electron chi connectivity index (χ4n) is 2.47. The second kappa shape index (κ2) is 7.03. The summed E-state index contributed by atoms with van der Waals surface area (Å²) in [4.78, 5) is 14.1. The molecule has 4 nitrogen and oxygen atoms in total. The fourth-order valence-corrected chi connectivity index (χ4v) is 3.10. The van der Waals surface area contributed by atoms with Crippen LogP contribution in [0.5, 0.6) is 0 Å². The molecule has 2 unspecified atom stereocenters. The van der Waals surface area contributed by atoms with Crippen LogP contribution in [0.25, 0.3) is 0 Å². The number of nitrogens with one attached hydrogen (secondary N) is 1. The van der Waals surface area contributed by atoms with Gasteiger partial charge in [-0.15, -0.1) is 0 Å². The Morgan fingerprint density at radius 3 is 2.84 bits per heavy atom. The second-order valence-electron chi connectivity index (χ2n) is 5.14. The van der Waals surface area contributed by atoms with Crippen LogP contribution in [0.3, 0.4) is 0 Å². The Morgan fingerprint density at radius 1 is 1.47 bits per heavy atom. The maximum Gasteiger partial charge on any atom is 0.252 e. The minimum absolute atomic E-state index is 0.0324. The molecule has 1 aromatic rings. The van der Waals surface area contributed by atoms with Gasteiger partial charge in [-0.3, -0.25) is 9.69 Å². The number of carbonyl (C=O) groups excluding carboxylic acids is 1. The Kier molecular flexibility index (Phi) is 5.36. The second-order valence-corrected chi connectivity index (χ2v) is 5.92. The Morgan fingerprint density at radius 2 is 2.21 bits per heavy atom. The predicted octanol–water partition coefficient (Wildman–Crippen LogP) is 1.98. The van der Waals surface area contributed by atoms with Crippen molar-refractivity contribution >= 4 is 17.2 Å². The summed E-state index contributed by atoms with van der Waals surface area (Å²) in [7, 11) is 0. The number of ether oxygens (including phenoxy) is 1. The number of nitrogens with zero attached hydrogens (tertiary/aromatic N) is 1. The van der Waals surface area contributed by atoms with Crippen LogP contribution < -0.4 is 5.32 Å². The zero-order valence-electron chi connectivity index (χ0n) is 11.6. The van der Waals surface area contributed by atoms with Crippen molar-refractivity contribution in [2.75, 3.05) is 26.2 Å². The third-order valence-corrected chi connectivity index (χ3v) is 3.90. The average molecular weight is 282 g/mol. The molecule has 5 heteroatoms. The Bertz CT molecular complexity index is 384. The molecule has 1 aliphatic heterocycles. The molecule has 2 heterocycles. The smallest absolute Gasteiger partial charge is 0.252 e. The minimum atomic E-state index is 0.0324. The third kappa shape index (κ3) is 4.60. The molecule has 0 aliphatic carbocycles. The quantitative estimate of drug-likeness (QED) is 0.840. The average Bonchev–Trinajstić information content (AvgIpc) is 2.87. The van der Waals surface area contributed by atoms with Gasteiger partial charge in [0.15, 0.2) is 0 Å². The zero-order valence-corrected chi connectivity index (χ0v) is 12.4. The normalized spacial score (nSPS) is 24.3. The molecule has 1 saturated heterocycles. The van der Waals surface area contributed by atoms with Gasteiger partial charge >= 0.3 is 0 Å². The summed E-state index contributed by atoms with van der Waals surface area (Å²) in [5.74, 6) is 0.0324. The SMILES string of the molecule is CC1CN(CCCNC(=O)c2ccsc2)CC(C)O1. The van der Waals surface area contributed by atoms with Gasteiger partial charge in [0.25, 0.3) is 5.91 Å². The van der Waals surface area contributed by atoms with Gasteiger partial charge in [-0.1, -0.05) is 0 Å². The summed E-state index contributed by atoms with van der Waals surface area (Å²) >= 11 is 1.55. The number of carbonyl (C=O) groups is 1. The molecule has 106 valence electrons. The summed E-state index contributed by atoms with van der Waals surface area (Å²) in [5.41, 5.74) is 0.763. The summed E-state index contributed by atoms with van der Waals surface area (Å²) in [6.45, 7) is 7.95. The van der Waals surface area contributed by atoms with Crippen molar-refractivity contribution in [3.8, 4) is 0 Å². The number of hydrogen-bond donors (Lipinski definition) is 1. The lowest BCUT2D eigenvalue weighted by Crippen LogP contribution is -2.46. The first-order chi connectivity index (χ1) is 9.15. The highest BCUT2D eigenvalue weighted by atomic mass is 32.1. The molecule has 0 saturated carbocycles. The molecule has 2 rings (SSSR count). The lowest BCUT2D eigenvalue weighted by molar-refractivity contribution is -0.0679. The number of morpholine rings is 1. The van der Waals surface area contributed by atoms with Gasteiger partial charge in [-0.2, -0.15) is 11.3 Å². The molecular weight excluding hydrogens is 260 g/mol. The van der Waals surface area contributed by atoms with E-state index in [2.05, 4.69) is 24.1 Å². The van der Waals surface area contributed by atoms with Crippen LogP contribution in [0, 0.1) is 0 Å². The molecule has 1 aliphatic rings. The van der Waals surface area contributed by atoms with E-state index in [0.29, 0.717) is 12.2 Å². The van der Waals surface area contributed by atoms with Gasteiger partial charge in [0.1, 0.15) is 0 Å². The molecule has 1 aromatic heterocycles. The monoisotopic (exact) mass is 282 g/mol. The number of rotatable bonds is 5. The Hall–Kier alpha value is -0.910. The predicted molar refractivity (Wildman–Crippen MR) is 77.7 cm³/mol. The van der Waals surface area contributed by atoms with Crippen molar-refractivity contribution < 1.29 is 9.53 Å². The van der Waals surface area contributed by atoms with E-state index < -0.39 is 0 Å². The van der Waals surface area contributed by atoms with Crippen LogP contribution in [0.2, 0.25) is 0 Å². The summed E-state index contributed by atoms with van der Waals surface area (Å²) in [5, 5.41) is 6.75. The lowest BCUT2D eigenvalue weighted by Gasteiger charge is -2.35. The van der Waals surface area contributed by atoms with E-state index in [-0.39, 0.29) is 5.91 Å². The van der Waals surface area contributed by atoms with Crippen molar-refractivity contribution in [2.45, 2.75) is 32.5 Å². The van der Waals surface area contributed by atoms with Crippen molar-refractivity contribution in [1.29, 1.82) is 0 Å². The molecule has 2 atom stereocenters. The van der Waals surface area contributed by atoms with E-state index in [0.717, 1.165) is 38.2 Å². The minimum Gasteiger partial charge on any atom is -0.373 e. The maximum absolute atomic E-state index is 11.7. The van der Waals surface area contributed by atoms with E-state index in [1.54, 1.807) is 11.3 Å². The fraction of sp³-hybridized carbons (Fsp3) is 0.643. The summed E-state index contributed by atoms with van der Waals surface area (Å²) < 4.78 is 5.70. The summed E-state index contributed by atoms with van der Waals surface area (Å²) in [6.07, 6.45) is 1.60. The van der Waals surface area contributed by atoms with E-state index >= 15 is 0 Å². The van der Waals surface area contributed by atoms with Crippen LogP contribution in [0.15, 0.2) is 16.8 Å². The van der Waals surface area contributed by atoms with Crippen LogP contribution >= 0.6 is 11.3 Å². The van der Waals surface area contributed by atoms with E-state index in [1.165, 1.54) is 0 Å². The number of amides is 1. The van der Waals surface area contributed by atoms with Crippen LogP contribution in [0.1, 0.15) is 30.6 Å². The summed E-state index contributed by atoms with van der Waals surface area (Å²) in [6, 6.07) is 1.85. The third-order valence-electron chi connectivity index (χ3n) is 3.22. The van der Waals surface area contributed by atoms with Gasteiger partial charge in [0, 0.05) is 37.1 Å². The molecule has 0 aromatic carbocycles. The van der Waals surface area contributed by atoms with Gasteiger partial charge in [0.05, 0.1) is 12.2 Å². The first kappa shape index (κ1) is 14.5. The lowest BCUT2D eigenvalue weighted by atomic mass is 10.2. The Labute approximate surface area is 118 Å². The van der Waals surface area contributed by atoms with Crippen molar-refractivity contribution in [3.05, 3.63) is 22.4 Å².